The third-order valence-corrected chi connectivity index (χ3v) is 4.82. The van der Waals surface area contributed by atoms with Crippen molar-refractivity contribution in [3.63, 3.8) is 0 Å². The first-order chi connectivity index (χ1) is 13.8. The quantitative estimate of drug-likeness (QED) is 0.577. The standard InChI is InChI=1S/C18H19BrF3N5O2/c19-9-1-2-14-15(17(29)24-12-5-6-12)25-26-27(14)13-7-3-11(4-8-13)16(28)23-10-18(20,21)22/h3-4,7-8,12H,1-2,5-6,9-10H2,(H,23,28)(H,24,29). The van der Waals surface area contributed by atoms with E-state index in [4.69, 9.17) is 0 Å². The van der Waals surface area contributed by atoms with Gasteiger partial charge in [-0.3, -0.25) is 9.59 Å². The highest BCUT2D eigenvalue weighted by atomic mass is 79.9. The molecule has 29 heavy (non-hydrogen) atoms. The molecule has 2 amide bonds. The fourth-order valence-electron chi connectivity index (χ4n) is 2.66. The molecule has 0 atom stereocenters. The maximum absolute atomic E-state index is 12.4. The maximum atomic E-state index is 12.4. The van der Waals surface area contributed by atoms with Crippen LogP contribution in [0.1, 0.15) is 45.8 Å². The molecule has 0 aliphatic heterocycles. The Labute approximate surface area is 173 Å². The number of hydrogen-bond donors (Lipinski definition) is 2. The fraction of sp³-hybridized carbons (Fsp3) is 0.444. The minimum Gasteiger partial charge on any atom is -0.348 e. The minimum atomic E-state index is -4.47. The molecule has 1 aliphatic rings. The Morgan fingerprint density at radius 1 is 1.17 bits per heavy atom. The van der Waals surface area contributed by atoms with Gasteiger partial charge in [-0.1, -0.05) is 21.1 Å². The van der Waals surface area contributed by atoms with Crippen molar-refractivity contribution in [2.45, 2.75) is 37.9 Å². The number of halogens is 4. The Morgan fingerprint density at radius 3 is 2.45 bits per heavy atom. The van der Waals surface area contributed by atoms with Crippen LogP contribution in [0.2, 0.25) is 0 Å². The summed E-state index contributed by atoms with van der Waals surface area (Å²) in [6.07, 6.45) is -1.25. The van der Waals surface area contributed by atoms with Crippen LogP contribution in [0, 0.1) is 0 Å². The maximum Gasteiger partial charge on any atom is 0.405 e. The highest BCUT2D eigenvalue weighted by molar-refractivity contribution is 9.09. The van der Waals surface area contributed by atoms with E-state index in [2.05, 4.69) is 31.6 Å². The zero-order valence-corrected chi connectivity index (χ0v) is 16.9. The molecule has 1 aliphatic carbocycles. The van der Waals surface area contributed by atoms with E-state index in [1.165, 1.54) is 16.8 Å². The SMILES string of the molecule is O=C(NCC(F)(F)F)c1ccc(-n2nnc(C(=O)NC3CC3)c2CCCBr)cc1. The van der Waals surface area contributed by atoms with Crippen molar-refractivity contribution in [3.05, 3.63) is 41.2 Å². The van der Waals surface area contributed by atoms with Gasteiger partial charge in [0.25, 0.3) is 11.8 Å². The molecular weight excluding hydrogens is 455 g/mol. The van der Waals surface area contributed by atoms with Gasteiger partial charge in [-0.2, -0.15) is 13.2 Å². The Kier molecular flexibility index (Phi) is 6.56. The number of rotatable bonds is 8. The first-order valence-corrected chi connectivity index (χ1v) is 10.2. The number of amides is 2. The fourth-order valence-corrected chi connectivity index (χ4v) is 2.94. The second kappa shape index (κ2) is 8.93. The van der Waals surface area contributed by atoms with Gasteiger partial charge in [-0.25, -0.2) is 4.68 Å². The van der Waals surface area contributed by atoms with Crippen LogP contribution in [-0.2, 0) is 6.42 Å². The van der Waals surface area contributed by atoms with Crippen LogP contribution < -0.4 is 10.6 Å². The molecule has 1 heterocycles. The van der Waals surface area contributed by atoms with Gasteiger partial charge in [0, 0.05) is 16.9 Å². The molecule has 1 saturated carbocycles. The molecule has 2 aromatic rings. The second-order valence-electron chi connectivity index (χ2n) is 6.68. The largest absolute Gasteiger partial charge is 0.405 e. The van der Waals surface area contributed by atoms with E-state index in [-0.39, 0.29) is 23.2 Å². The Hall–Kier alpha value is -2.43. The van der Waals surface area contributed by atoms with E-state index < -0.39 is 18.6 Å². The molecule has 0 bridgehead atoms. The molecule has 156 valence electrons. The summed E-state index contributed by atoms with van der Waals surface area (Å²) in [5.41, 5.74) is 1.54. The molecule has 1 aromatic carbocycles. The molecule has 0 unspecified atom stereocenters. The van der Waals surface area contributed by atoms with Crippen LogP contribution in [0.15, 0.2) is 24.3 Å². The Bertz CT molecular complexity index is 879. The van der Waals surface area contributed by atoms with E-state index in [0.29, 0.717) is 17.8 Å². The van der Waals surface area contributed by atoms with Gasteiger partial charge in [-0.05, 0) is 49.9 Å². The van der Waals surface area contributed by atoms with Crippen molar-refractivity contribution in [1.29, 1.82) is 0 Å². The summed E-state index contributed by atoms with van der Waals surface area (Å²) >= 11 is 3.37. The summed E-state index contributed by atoms with van der Waals surface area (Å²) < 4.78 is 38.2. The monoisotopic (exact) mass is 473 g/mol. The number of hydrogen-bond acceptors (Lipinski definition) is 4. The van der Waals surface area contributed by atoms with Crippen LogP contribution in [0.4, 0.5) is 13.2 Å². The zero-order chi connectivity index (χ0) is 21.0. The zero-order valence-electron chi connectivity index (χ0n) is 15.3. The van der Waals surface area contributed by atoms with Crippen molar-refractivity contribution in [1.82, 2.24) is 25.6 Å². The highest BCUT2D eigenvalue weighted by Crippen LogP contribution is 2.21. The van der Waals surface area contributed by atoms with Crippen molar-refractivity contribution < 1.29 is 22.8 Å². The van der Waals surface area contributed by atoms with Gasteiger partial charge >= 0.3 is 6.18 Å². The lowest BCUT2D eigenvalue weighted by atomic mass is 10.1. The summed E-state index contributed by atoms with van der Waals surface area (Å²) in [5.74, 6) is -1.09. The van der Waals surface area contributed by atoms with Gasteiger partial charge in [0.15, 0.2) is 5.69 Å². The second-order valence-corrected chi connectivity index (χ2v) is 7.47. The molecule has 1 aromatic heterocycles. The van der Waals surface area contributed by atoms with Crippen molar-refractivity contribution in [2.75, 3.05) is 11.9 Å². The smallest absolute Gasteiger partial charge is 0.348 e. The lowest BCUT2D eigenvalue weighted by Gasteiger charge is -2.10. The van der Waals surface area contributed by atoms with Gasteiger partial charge in [-0.15, -0.1) is 5.10 Å². The lowest BCUT2D eigenvalue weighted by Crippen LogP contribution is -2.33. The average molecular weight is 474 g/mol. The van der Waals surface area contributed by atoms with E-state index in [9.17, 15) is 22.8 Å². The third kappa shape index (κ3) is 5.78. The van der Waals surface area contributed by atoms with Crippen LogP contribution in [-0.4, -0.2) is 50.9 Å². The predicted molar refractivity (Wildman–Crippen MR) is 102 cm³/mol. The number of alkyl halides is 4. The Balaban J connectivity index is 1.79. The average Bonchev–Trinajstić information content (AvgIpc) is 3.39. The van der Waals surface area contributed by atoms with Crippen LogP contribution in [0.25, 0.3) is 5.69 Å². The summed E-state index contributed by atoms with van der Waals surface area (Å²) in [4.78, 5) is 24.3. The number of aromatic nitrogens is 3. The molecule has 3 rings (SSSR count). The summed E-state index contributed by atoms with van der Waals surface area (Å²) in [6.45, 7) is -1.40. The number of benzene rings is 1. The number of nitrogens with zero attached hydrogens (tertiary/aromatic N) is 3. The van der Waals surface area contributed by atoms with Crippen molar-refractivity contribution in [2.24, 2.45) is 0 Å². The predicted octanol–water partition coefficient (Wildman–Crippen LogP) is 2.78. The minimum absolute atomic E-state index is 0.0897. The molecule has 7 nitrogen and oxygen atoms in total. The first-order valence-electron chi connectivity index (χ1n) is 9.05. The Morgan fingerprint density at radius 2 is 1.86 bits per heavy atom. The van der Waals surface area contributed by atoms with Crippen molar-refractivity contribution >= 4 is 27.7 Å². The lowest BCUT2D eigenvalue weighted by molar-refractivity contribution is -0.123. The third-order valence-electron chi connectivity index (χ3n) is 4.26. The van der Waals surface area contributed by atoms with Gasteiger partial charge in [0.1, 0.15) is 6.54 Å². The molecule has 0 spiro atoms. The molecule has 11 heteroatoms. The summed E-state index contributed by atoms with van der Waals surface area (Å²) in [7, 11) is 0. The number of nitrogens with one attached hydrogen (secondary N) is 2. The summed E-state index contributed by atoms with van der Waals surface area (Å²) in [6, 6.07) is 6.10. The molecule has 0 saturated heterocycles. The summed E-state index contributed by atoms with van der Waals surface area (Å²) in [5, 5.41) is 13.5. The van der Waals surface area contributed by atoms with Crippen LogP contribution >= 0.6 is 15.9 Å². The van der Waals surface area contributed by atoms with E-state index in [1.807, 2.05) is 5.32 Å². The van der Waals surface area contributed by atoms with Crippen molar-refractivity contribution in [3.8, 4) is 5.69 Å². The first kappa shape index (κ1) is 21.3. The van der Waals surface area contributed by atoms with Gasteiger partial charge in [0.05, 0.1) is 11.4 Å². The number of carbonyl (C=O) groups is 2. The molecule has 0 radical (unpaired) electrons. The van der Waals surface area contributed by atoms with Gasteiger partial charge in [0.2, 0.25) is 0 Å². The molecule has 1 fully saturated rings. The molecule has 2 N–H and O–H groups in total. The van der Waals surface area contributed by atoms with Gasteiger partial charge < -0.3 is 10.6 Å². The van der Waals surface area contributed by atoms with Crippen LogP contribution in [0.5, 0.6) is 0 Å². The normalized spacial score (nSPS) is 13.9. The van der Waals surface area contributed by atoms with E-state index >= 15 is 0 Å². The highest BCUT2D eigenvalue weighted by Gasteiger charge is 2.29. The topological polar surface area (TPSA) is 88.9 Å². The van der Waals surface area contributed by atoms with E-state index in [1.54, 1.807) is 12.1 Å². The van der Waals surface area contributed by atoms with Crippen LogP contribution in [0.3, 0.4) is 0 Å². The molecular formula is C18H19BrF3N5O2. The number of carbonyl (C=O) groups excluding carboxylic acids is 2. The van der Waals surface area contributed by atoms with E-state index in [0.717, 1.165) is 24.6 Å².